The highest BCUT2D eigenvalue weighted by atomic mass is 32.2. The van der Waals surface area contributed by atoms with E-state index in [1.165, 1.54) is 11.8 Å². The molecule has 0 bridgehead atoms. The molecule has 1 amide bonds. The van der Waals surface area contributed by atoms with Crippen molar-refractivity contribution in [1.82, 2.24) is 0 Å². The molecule has 90 valence electrons. The molecule has 1 aliphatic rings. The van der Waals surface area contributed by atoms with Crippen molar-refractivity contribution < 1.29 is 9.90 Å². The quantitative estimate of drug-likeness (QED) is 0.876. The number of nitrogens with zero attached hydrogens (tertiary/aromatic N) is 1. The van der Waals surface area contributed by atoms with Crippen molar-refractivity contribution in [1.29, 1.82) is 0 Å². The SMILES string of the molecule is CSC1=C(O)CN(c2c(C)cccc2C)C1=O. The van der Waals surface area contributed by atoms with Crippen LogP contribution in [0.15, 0.2) is 28.9 Å². The second-order valence-electron chi connectivity index (χ2n) is 4.11. The van der Waals surface area contributed by atoms with Gasteiger partial charge in [-0.2, -0.15) is 0 Å². The third-order valence-electron chi connectivity index (χ3n) is 2.92. The lowest BCUT2D eigenvalue weighted by atomic mass is 10.1. The lowest BCUT2D eigenvalue weighted by Crippen LogP contribution is -2.27. The number of thioether (sulfide) groups is 1. The highest BCUT2D eigenvalue weighted by Crippen LogP contribution is 2.33. The Hall–Kier alpha value is -1.42. The molecule has 1 N–H and O–H groups in total. The molecule has 1 heterocycles. The van der Waals surface area contributed by atoms with E-state index in [0.717, 1.165) is 16.8 Å². The molecule has 0 radical (unpaired) electrons. The van der Waals surface area contributed by atoms with Crippen LogP contribution in [0.2, 0.25) is 0 Å². The molecule has 0 saturated heterocycles. The van der Waals surface area contributed by atoms with Crippen LogP contribution in [-0.2, 0) is 4.79 Å². The molecule has 1 aromatic rings. The van der Waals surface area contributed by atoms with E-state index in [0.29, 0.717) is 4.91 Å². The molecule has 1 aromatic carbocycles. The molecular weight excluding hydrogens is 234 g/mol. The van der Waals surface area contributed by atoms with E-state index < -0.39 is 0 Å². The topological polar surface area (TPSA) is 40.5 Å². The van der Waals surface area contributed by atoms with E-state index in [9.17, 15) is 9.90 Å². The van der Waals surface area contributed by atoms with Crippen molar-refractivity contribution in [3.05, 3.63) is 40.0 Å². The van der Waals surface area contributed by atoms with Gasteiger partial charge in [0.25, 0.3) is 5.91 Å². The van der Waals surface area contributed by atoms with Crippen molar-refractivity contribution in [2.45, 2.75) is 13.8 Å². The van der Waals surface area contributed by atoms with Crippen molar-refractivity contribution in [2.75, 3.05) is 17.7 Å². The molecule has 0 unspecified atom stereocenters. The van der Waals surface area contributed by atoms with Crippen LogP contribution in [0.3, 0.4) is 0 Å². The molecule has 0 saturated carbocycles. The summed E-state index contributed by atoms with van der Waals surface area (Å²) in [6.45, 7) is 4.23. The Morgan fingerprint density at radius 1 is 1.29 bits per heavy atom. The van der Waals surface area contributed by atoms with E-state index in [1.54, 1.807) is 11.2 Å². The number of anilines is 1. The maximum atomic E-state index is 12.1. The third-order valence-corrected chi connectivity index (χ3v) is 3.74. The van der Waals surface area contributed by atoms with Gasteiger partial charge >= 0.3 is 0 Å². The van der Waals surface area contributed by atoms with Crippen molar-refractivity contribution in [2.24, 2.45) is 0 Å². The Kier molecular flexibility index (Phi) is 3.15. The number of aryl methyl sites for hydroxylation is 2. The zero-order valence-corrected chi connectivity index (χ0v) is 11.0. The number of para-hydroxylation sites is 1. The summed E-state index contributed by atoms with van der Waals surface area (Å²) in [5.74, 6) is 0.0672. The summed E-state index contributed by atoms with van der Waals surface area (Å²) >= 11 is 1.30. The first kappa shape index (κ1) is 12.0. The highest BCUT2D eigenvalue weighted by molar-refractivity contribution is 8.03. The lowest BCUT2D eigenvalue weighted by molar-refractivity contribution is -0.113. The molecule has 17 heavy (non-hydrogen) atoms. The molecule has 0 fully saturated rings. The van der Waals surface area contributed by atoms with Gasteiger partial charge in [0.2, 0.25) is 0 Å². The van der Waals surface area contributed by atoms with Gasteiger partial charge < -0.3 is 5.11 Å². The standard InChI is InChI=1S/C13H15NO2S/c1-8-5-4-6-9(2)11(8)14-7-10(15)12(17-3)13(14)16/h4-6,15H,7H2,1-3H3. The number of hydrogen-bond donors (Lipinski definition) is 1. The zero-order valence-electron chi connectivity index (χ0n) is 10.2. The molecule has 0 aliphatic carbocycles. The van der Waals surface area contributed by atoms with Crippen molar-refractivity contribution in [3.8, 4) is 0 Å². The Balaban J connectivity index is 2.43. The van der Waals surface area contributed by atoms with Crippen LogP contribution in [0, 0.1) is 13.8 Å². The number of aliphatic hydroxyl groups excluding tert-OH is 1. The summed E-state index contributed by atoms with van der Waals surface area (Å²) in [6, 6.07) is 5.92. The molecule has 1 aliphatic heterocycles. The second kappa shape index (κ2) is 4.45. The molecule has 3 nitrogen and oxygen atoms in total. The van der Waals surface area contributed by atoms with E-state index in [2.05, 4.69) is 0 Å². The maximum absolute atomic E-state index is 12.1. The minimum Gasteiger partial charge on any atom is -0.509 e. The number of amides is 1. The Morgan fingerprint density at radius 3 is 2.35 bits per heavy atom. The summed E-state index contributed by atoms with van der Waals surface area (Å²) in [6.07, 6.45) is 1.80. The van der Waals surface area contributed by atoms with E-state index in [-0.39, 0.29) is 18.2 Å². The lowest BCUT2D eigenvalue weighted by Gasteiger charge is -2.21. The van der Waals surface area contributed by atoms with Crippen molar-refractivity contribution >= 4 is 23.4 Å². The Bertz CT molecular complexity index is 488. The van der Waals surface area contributed by atoms with Crippen LogP contribution >= 0.6 is 11.8 Å². The fourth-order valence-corrected chi connectivity index (χ4v) is 2.74. The van der Waals surface area contributed by atoms with Crippen LogP contribution in [-0.4, -0.2) is 23.8 Å². The average molecular weight is 249 g/mol. The summed E-state index contributed by atoms with van der Waals surface area (Å²) < 4.78 is 0. The summed E-state index contributed by atoms with van der Waals surface area (Å²) in [4.78, 5) is 14.2. The fraction of sp³-hybridized carbons (Fsp3) is 0.308. The number of carbonyl (C=O) groups excluding carboxylic acids is 1. The van der Waals surface area contributed by atoms with E-state index in [1.807, 2.05) is 32.0 Å². The molecule has 0 spiro atoms. The minimum atomic E-state index is -0.104. The van der Waals surface area contributed by atoms with Crippen LogP contribution in [0.1, 0.15) is 11.1 Å². The molecular formula is C13H15NO2S. The Morgan fingerprint density at radius 2 is 1.88 bits per heavy atom. The van der Waals surface area contributed by atoms with Gasteiger partial charge in [0.15, 0.2) is 0 Å². The highest BCUT2D eigenvalue weighted by Gasteiger charge is 2.32. The number of rotatable bonds is 2. The zero-order chi connectivity index (χ0) is 12.6. The van der Waals surface area contributed by atoms with Crippen LogP contribution in [0.5, 0.6) is 0 Å². The summed E-state index contributed by atoms with van der Waals surface area (Å²) in [5, 5.41) is 9.77. The monoisotopic (exact) mass is 249 g/mol. The predicted molar refractivity (Wildman–Crippen MR) is 71.4 cm³/mol. The van der Waals surface area contributed by atoms with Gasteiger partial charge in [-0.3, -0.25) is 9.69 Å². The van der Waals surface area contributed by atoms with Crippen molar-refractivity contribution in [3.63, 3.8) is 0 Å². The third kappa shape index (κ3) is 1.93. The van der Waals surface area contributed by atoms with Gasteiger partial charge in [-0.05, 0) is 31.2 Å². The number of carbonyl (C=O) groups is 1. The molecule has 0 aromatic heterocycles. The summed E-state index contributed by atoms with van der Waals surface area (Å²) in [7, 11) is 0. The Labute approximate surface area is 105 Å². The average Bonchev–Trinajstić information content (AvgIpc) is 2.54. The van der Waals surface area contributed by atoms with Gasteiger partial charge in [-0.25, -0.2) is 0 Å². The van der Waals surface area contributed by atoms with Gasteiger partial charge in [0, 0.05) is 0 Å². The minimum absolute atomic E-state index is 0.104. The molecule has 4 heteroatoms. The normalized spacial score (nSPS) is 15.9. The number of hydrogen-bond acceptors (Lipinski definition) is 3. The number of benzene rings is 1. The van der Waals surface area contributed by atoms with E-state index >= 15 is 0 Å². The maximum Gasteiger partial charge on any atom is 0.268 e. The first-order valence-corrected chi connectivity index (χ1v) is 6.63. The van der Waals surface area contributed by atoms with Gasteiger partial charge in [-0.15, -0.1) is 11.8 Å². The molecule has 2 rings (SSSR count). The molecule has 0 atom stereocenters. The van der Waals surface area contributed by atoms with Crippen LogP contribution < -0.4 is 4.90 Å². The number of aliphatic hydroxyl groups is 1. The second-order valence-corrected chi connectivity index (χ2v) is 4.93. The first-order valence-electron chi connectivity index (χ1n) is 5.40. The van der Waals surface area contributed by atoms with Gasteiger partial charge in [0.1, 0.15) is 10.7 Å². The van der Waals surface area contributed by atoms with E-state index in [4.69, 9.17) is 0 Å². The van der Waals surface area contributed by atoms with Crippen LogP contribution in [0.25, 0.3) is 0 Å². The largest absolute Gasteiger partial charge is 0.509 e. The van der Waals surface area contributed by atoms with Gasteiger partial charge in [-0.1, -0.05) is 18.2 Å². The van der Waals surface area contributed by atoms with Crippen LogP contribution in [0.4, 0.5) is 5.69 Å². The fourth-order valence-electron chi connectivity index (χ4n) is 2.16. The predicted octanol–water partition coefficient (Wildman–Crippen LogP) is 2.78. The summed E-state index contributed by atoms with van der Waals surface area (Å²) in [5.41, 5.74) is 3.01. The van der Waals surface area contributed by atoms with Gasteiger partial charge in [0.05, 0.1) is 12.2 Å². The first-order chi connectivity index (χ1) is 8.06. The smallest absolute Gasteiger partial charge is 0.268 e.